The van der Waals surface area contributed by atoms with Crippen molar-refractivity contribution in [3.63, 3.8) is 0 Å². The van der Waals surface area contributed by atoms with Crippen LogP contribution in [0.15, 0.2) is 30.3 Å². The van der Waals surface area contributed by atoms with E-state index in [1.54, 1.807) is 18.2 Å². The van der Waals surface area contributed by atoms with Crippen molar-refractivity contribution in [2.75, 3.05) is 11.9 Å². The Balaban J connectivity index is 1.83. The number of hydrogen-bond donors (Lipinski definition) is 1. The summed E-state index contributed by atoms with van der Waals surface area (Å²) in [5.41, 5.74) is 1.14. The molecule has 0 aromatic heterocycles. The molecule has 1 aliphatic rings. The summed E-state index contributed by atoms with van der Waals surface area (Å²) < 4.78 is 44.4. The highest BCUT2D eigenvalue weighted by atomic mass is 19.2. The molecule has 1 amide bonds. The first-order valence-electron chi connectivity index (χ1n) is 6.26. The summed E-state index contributed by atoms with van der Waals surface area (Å²) >= 11 is 0. The van der Waals surface area contributed by atoms with Crippen LogP contribution in [0.25, 0.3) is 0 Å². The minimum absolute atomic E-state index is 0.289. The number of benzene rings is 2. The SMILES string of the molecule is O=C(Nc1ccc2c(c1)CCO2)c1cc(F)c(F)c(F)c1. The average molecular weight is 293 g/mol. The van der Waals surface area contributed by atoms with Crippen LogP contribution < -0.4 is 10.1 Å². The summed E-state index contributed by atoms with van der Waals surface area (Å²) in [6, 6.07) is 6.38. The summed E-state index contributed by atoms with van der Waals surface area (Å²) in [4.78, 5) is 11.9. The van der Waals surface area contributed by atoms with Gasteiger partial charge in [-0.1, -0.05) is 0 Å². The number of anilines is 1. The molecule has 21 heavy (non-hydrogen) atoms. The zero-order valence-corrected chi connectivity index (χ0v) is 10.8. The van der Waals surface area contributed by atoms with Crippen LogP contribution in [0.3, 0.4) is 0 Å². The third kappa shape index (κ3) is 2.56. The quantitative estimate of drug-likeness (QED) is 0.863. The second-order valence-corrected chi connectivity index (χ2v) is 4.63. The highest BCUT2D eigenvalue weighted by Crippen LogP contribution is 2.28. The number of nitrogens with one attached hydrogen (secondary N) is 1. The Bertz CT molecular complexity index is 708. The van der Waals surface area contributed by atoms with Crippen LogP contribution in [-0.4, -0.2) is 12.5 Å². The van der Waals surface area contributed by atoms with Gasteiger partial charge in [0.1, 0.15) is 5.75 Å². The van der Waals surface area contributed by atoms with Crippen LogP contribution in [0.4, 0.5) is 18.9 Å². The molecule has 0 atom stereocenters. The highest BCUT2D eigenvalue weighted by Gasteiger charge is 2.17. The molecular formula is C15H10F3NO2. The lowest BCUT2D eigenvalue weighted by Crippen LogP contribution is -2.13. The molecule has 1 aliphatic heterocycles. The molecule has 1 N–H and O–H groups in total. The van der Waals surface area contributed by atoms with Gasteiger partial charge in [0.05, 0.1) is 6.61 Å². The van der Waals surface area contributed by atoms with Crippen LogP contribution in [0.1, 0.15) is 15.9 Å². The van der Waals surface area contributed by atoms with Crippen molar-refractivity contribution in [2.24, 2.45) is 0 Å². The number of carbonyl (C=O) groups excluding carboxylic acids is 1. The van der Waals surface area contributed by atoms with Crippen molar-refractivity contribution in [2.45, 2.75) is 6.42 Å². The molecule has 108 valence electrons. The number of carbonyl (C=O) groups is 1. The number of ether oxygens (including phenoxy) is 1. The van der Waals surface area contributed by atoms with Crippen LogP contribution in [0.2, 0.25) is 0 Å². The molecular weight excluding hydrogens is 283 g/mol. The number of amides is 1. The molecule has 0 radical (unpaired) electrons. The molecule has 0 spiro atoms. The lowest BCUT2D eigenvalue weighted by molar-refractivity contribution is 0.102. The van der Waals surface area contributed by atoms with E-state index < -0.39 is 23.4 Å². The Labute approximate surface area is 118 Å². The lowest BCUT2D eigenvalue weighted by atomic mass is 10.1. The van der Waals surface area contributed by atoms with Crippen LogP contribution in [0, 0.1) is 17.5 Å². The van der Waals surface area contributed by atoms with E-state index >= 15 is 0 Å². The zero-order valence-electron chi connectivity index (χ0n) is 10.8. The summed E-state index contributed by atoms with van der Waals surface area (Å²) in [5.74, 6) is -4.36. The molecule has 0 bridgehead atoms. The average Bonchev–Trinajstić information content (AvgIpc) is 2.91. The van der Waals surface area contributed by atoms with E-state index in [1.165, 1.54) is 0 Å². The van der Waals surface area contributed by atoms with E-state index in [0.717, 1.165) is 17.7 Å². The second kappa shape index (κ2) is 5.12. The maximum atomic E-state index is 13.1. The second-order valence-electron chi connectivity index (χ2n) is 4.63. The Kier molecular flexibility index (Phi) is 3.29. The molecule has 2 aromatic carbocycles. The molecule has 0 saturated carbocycles. The first-order valence-corrected chi connectivity index (χ1v) is 6.26. The third-order valence-electron chi connectivity index (χ3n) is 3.19. The van der Waals surface area contributed by atoms with Crippen molar-refractivity contribution in [3.05, 3.63) is 58.9 Å². The smallest absolute Gasteiger partial charge is 0.255 e. The molecule has 2 aromatic rings. The predicted molar refractivity (Wildman–Crippen MR) is 69.9 cm³/mol. The van der Waals surface area contributed by atoms with Crippen molar-refractivity contribution in [3.8, 4) is 5.75 Å². The van der Waals surface area contributed by atoms with Crippen LogP contribution >= 0.6 is 0 Å². The Morgan fingerprint density at radius 2 is 1.81 bits per heavy atom. The fourth-order valence-corrected chi connectivity index (χ4v) is 2.15. The van der Waals surface area contributed by atoms with Crippen LogP contribution in [-0.2, 0) is 6.42 Å². The topological polar surface area (TPSA) is 38.3 Å². The van der Waals surface area contributed by atoms with Gasteiger partial charge >= 0.3 is 0 Å². The minimum atomic E-state index is -1.60. The fourth-order valence-electron chi connectivity index (χ4n) is 2.15. The molecule has 3 nitrogen and oxygen atoms in total. The summed E-state index contributed by atoms with van der Waals surface area (Å²) in [7, 11) is 0. The Morgan fingerprint density at radius 1 is 1.10 bits per heavy atom. The first-order chi connectivity index (χ1) is 10.0. The summed E-state index contributed by atoms with van der Waals surface area (Å²) in [6.45, 7) is 0.584. The van der Waals surface area contributed by atoms with Crippen molar-refractivity contribution >= 4 is 11.6 Å². The predicted octanol–water partition coefficient (Wildman–Crippen LogP) is 3.29. The summed E-state index contributed by atoms with van der Waals surface area (Å²) in [5, 5.41) is 2.51. The van der Waals surface area contributed by atoms with Gasteiger partial charge in [0, 0.05) is 17.7 Å². The molecule has 0 unspecified atom stereocenters. The van der Waals surface area contributed by atoms with E-state index in [4.69, 9.17) is 4.74 Å². The number of rotatable bonds is 2. The van der Waals surface area contributed by atoms with Gasteiger partial charge in [-0.25, -0.2) is 13.2 Å². The highest BCUT2D eigenvalue weighted by molar-refractivity contribution is 6.04. The van der Waals surface area contributed by atoms with Gasteiger partial charge in [-0.05, 0) is 35.9 Å². The van der Waals surface area contributed by atoms with E-state index in [0.29, 0.717) is 24.4 Å². The maximum Gasteiger partial charge on any atom is 0.255 e. The number of fused-ring (bicyclic) bond motifs is 1. The van der Waals surface area contributed by atoms with Gasteiger partial charge in [0.15, 0.2) is 17.5 Å². The van der Waals surface area contributed by atoms with E-state index in [2.05, 4.69) is 5.32 Å². The largest absolute Gasteiger partial charge is 0.493 e. The summed E-state index contributed by atoms with van der Waals surface area (Å²) in [6.07, 6.45) is 0.735. The van der Waals surface area contributed by atoms with Crippen molar-refractivity contribution < 1.29 is 22.7 Å². The molecule has 1 heterocycles. The molecule has 0 aliphatic carbocycles. The van der Waals surface area contributed by atoms with Crippen LogP contribution in [0.5, 0.6) is 5.75 Å². The molecule has 0 saturated heterocycles. The van der Waals surface area contributed by atoms with E-state index in [9.17, 15) is 18.0 Å². The third-order valence-corrected chi connectivity index (χ3v) is 3.19. The van der Waals surface area contributed by atoms with Crippen molar-refractivity contribution in [1.82, 2.24) is 0 Å². The van der Waals surface area contributed by atoms with Gasteiger partial charge in [0.2, 0.25) is 0 Å². The molecule has 0 fully saturated rings. The minimum Gasteiger partial charge on any atom is -0.493 e. The monoisotopic (exact) mass is 293 g/mol. The lowest BCUT2D eigenvalue weighted by Gasteiger charge is -2.07. The normalized spacial score (nSPS) is 12.7. The maximum absolute atomic E-state index is 13.1. The van der Waals surface area contributed by atoms with Gasteiger partial charge in [-0.15, -0.1) is 0 Å². The Morgan fingerprint density at radius 3 is 2.52 bits per heavy atom. The number of hydrogen-bond acceptors (Lipinski definition) is 2. The zero-order chi connectivity index (χ0) is 15.0. The Hall–Kier alpha value is -2.50. The van der Waals surface area contributed by atoms with Gasteiger partial charge < -0.3 is 10.1 Å². The standard InChI is InChI=1S/C15H10F3NO2/c16-11-6-9(7-12(17)14(11)18)15(20)19-10-1-2-13-8(5-10)3-4-21-13/h1-2,5-7H,3-4H2,(H,19,20). The molecule has 6 heteroatoms. The van der Waals surface area contributed by atoms with Crippen molar-refractivity contribution in [1.29, 1.82) is 0 Å². The molecule has 3 rings (SSSR count). The first kappa shape index (κ1) is 13.5. The van der Waals surface area contributed by atoms with Gasteiger partial charge in [0.25, 0.3) is 5.91 Å². The van der Waals surface area contributed by atoms with Gasteiger partial charge in [-0.2, -0.15) is 0 Å². The van der Waals surface area contributed by atoms with E-state index in [1.807, 2.05) is 0 Å². The fraction of sp³-hybridized carbons (Fsp3) is 0.133. The number of halogens is 3. The van der Waals surface area contributed by atoms with Gasteiger partial charge in [-0.3, -0.25) is 4.79 Å². The van der Waals surface area contributed by atoms with E-state index in [-0.39, 0.29) is 5.56 Å².